The molecular formula is C12H18O4S. The van der Waals surface area contributed by atoms with Gasteiger partial charge in [0.25, 0.3) is 0 Å². The molecule has 4 nitrogen and oxygen atoms in total. The van der Waals surface area contributed by atoms with Crippen LogP contribution in [-0.4, -0.2) is 43.3 Å². The van der Waals surface area contributed by atoms with Gasteiger partial charge in [0, 0.05) is 0 Å². The van der Waals surface area contributed by atoms with Crippen LogP contribution in [-0.2, 0) is 19.3 Å². The van der Waals surface area contributed by atoms with E-state index in [4.69, 9.17) is 9.47 Å². The van der Waals surface area contributed by atoms with Crippen LogP contribution in [0.25, 0.3) is 0 Å². The molecule has 0 radical (unpaired) electrons. The Morgan fingerprint density at radius 2 is 1.18 bits per heavy atom. The lowest BCUT2D eigenvalue weighted by Crippen LogP contribution is -2.37. The number of fused-ring (bicyclic) bond motifs is 2. The predicted octanol–water partition coefficient (Wildman–Crippen LogP) is 1.04. The van der Waals surface area contributed by atoms with Gasteiger partial charge in [0.1, 0.15) is 0 Å². The molecule has 0 spiro atoms. The number of sulfone groups is 1. The number of ether oxygens (including phenoxy) is 2. The van der Waals surface area contributed by atoms with E-state index < -0.39 is 9.84 Å². The molecule has 2 aliphatic carbocycles. The van der Waals surface area contributed by atoms with Gasteiger partial charge in [-0.1, -0.05) is 0 Å². The first-order valence-corrected chi connectivity index (χ1v) is 8.29. The van der Waals surface area contributed by atoms with Gasteiger partial charge in [-0.15, -0.1) is 0 Å². The third-order valence-electron chi connectivity index (χ3n) is 4.84. The SMILES string of the molecule is O=S(=O)(C1CCC2OC2C1)C1CCC2OC2C1. The summed E-state index contributed by atoms with van der Waals surface area (Å²) in [4.78, 5) is 0. The van der Waals surface area contributed by atoms with Crippen LogP contribution in [0.1, 0.15) is 38.5 Å². The second kappa shape index (κ2) is 3.45. The van der Waals surface area contributed by atoms with Gasteiger partial charge in [0.2, 0.25) is 0 Å². The number of rotatable bonds is 2. The van der Waals surface area contributed by atoms with Crippen LogP contribution in [0.4, 0.5) is 0 Å². The Morgan fingerprint density at radius 3 is 1.59 bits per heavy atom. The van der Waals surface area contributed by atoms with Crippen LogP contribution in [0.2, 0.25) is 0 Å². The van der Waals surface area contributed by atoms with Gasteiger partial charge < -0.3 is 9.47 Å². The minimum atomic E-state index is -2.96. The zero-order valence-corrected chi connectivity index (χ0v) is 10.6. The second-order valence-electron chi connectivity index (χ2n) is 5.89. The molecule has 6 unspecified atom stereocenters. The minimum Gasteiger partial charge on any atom is -0.370 e. The lowest BCUT2D eigenvalue weighted by atomic mass is 10.00. The van der Waals surface area contributed by atoms with Crippen LogP contribution in [0.15, 0.2) is 0 Å². The lowest BCUT2D eigenvalue weighted by Gasteiger charge is -2.26. The first-order chi connectivity index (χ1) is 8.14. The highest BCUT2D eigenvalue weighted by Gasteiger charge is 2.52. The van der Waals surface area contributed by atoms with E-state index in [1.54, 1.807) is 0 Å². The average molecular weight is 258 g/mol. The predicted molar refractivity (Wildman–Crippen MR) is 61.5 cm³/mol. The first-order valence-electron chi connectivity index (χ1n) is 6.68. The van der Waals surface area contributed by atoms with Gasteiger partial charge in [0.15, 0.2) is 9.84 Å². The number of hydrogen-bond donors (Lipinski definition) is 0. The van der Waals surface area contributed by atoms with Crippen molar-refractivity contribution in [3.8, 4) is 0 Å². The smallest absolute Gasteiger partial charge is 0.156 e. The number of hydrogen-bond acceptors (Lipinski definition) is 4. The molecule has 0 aromatic carbocycles. The number of epoxide rings is 2. The normalized spacial score (nSPS) is 52.5. The van der Waals surface area contributed by atoms with Gasteiger partial charge in [-0.05, 0) is 38.5 Å². The largest absolute Gasteiger partial charge is 0.370 e. The van der Waals surface area contributed by atoms with Crippen LogP contribution in [0.5, 0.6) is 0 Å². The molecule has 6 atom stereocenters. The van der Waals surface area contributed by atoms with E-state index in [-0.39, 0.29) is 22.7 Å². The monoisotopic (exact) mass is 258 g/mol. The van der Waals surface area contributed by atoms with Crippen LogP contribution in [0.3, 0.4) is 0 Å². The first kappa shape index (κ1) is 10.8. The summed E-state index contributed by atoms with van der Waals surface area (Å²) >= 11 is 0. The zero-order valence-electron chi connectivity index (χ0n) is 9.75. The van der Waals surface area contributed by atoms with Crippen molar-refractivity contribution < 1.29 is 17.9 Å². The fourth-order valence-electron chi connectivity index (χ4n) is 3.60. The standard InChI is InChI=1S/C12H18O4S/c13-17(14,7-1-3-9-11(5-7)15-9)8-2-4-10-12(6-8)16-10/h7-12H,1-6H2. The Balaban J connectivity index is 1.50. The molecule has 2 saturated carbocycles. The Kier molecular flexibility index (Phi) is 2.19. The molecule has 0 amide bonds. The van der Waals surface area contributed by atoms with E-state index in [0.717, 1.165) is 38.5 Å². The van der Waals surface area contributed by atoms with Gasteiger partial charge in [-0.3, -0.25) is 0 Å². The second-order valence-corrected chi connectivity index (χ2v) is 8.40. The molecule has 2 saturated heterocycles. The maximum atomic E-state index is 12.6. The molecular weight excluding hydrogens is 240 g/mol. The van der Waals surface area contributed by atoms with E-state index >= 15 is 0 Å². The molecule has 0 aromatic heterocycles. The van der Waals surface area contributed by atoms with Gasteiger partial charge in [-0.25, -0.2) is 8.42 Å². The Morgan fingerprint density at radius 1 is 0.706 bits per heavy atom. The van der Waals surface area contributed by atoms with Gasteiger partial charge in [-0.2, -0.15) is 0 Å². The van der Waals surface area contributed by atoms with Crippen molar-refractivity contribution in [2.45, 2.75) is 73.4 Å². The molecule has 4 aliphatic rings. The Labute approximate surface area is 102 Å². The highest BCUT2D eigenvalue weighted by Crippen LogP contribution is 2.44. The summed E-state index contributed by atoms with van der Waals surface area (Å²) in [5.74, 6) is 0. The molecule has 0 bridgehead atoms. The Bertz CT molecular complexity index is 398. The molecule has 4 rings (SSSR count). The third-order valence-corrected chi connectivity index (χ3v) is 7.56. The molecule has 0 aromatic rings. The fourth-order valence-corrected chi connectivity index (χ4v) is 5.99. The maximum absolute atomic E-state index is 12.6. The van der Waals surface area contributed by atoms with Crippen molar-refractivity contribution in [3.05, 3.63) is 0 Å². The highest BCUT2D eigenvalue weighted by atomic mass is 32.2. The van der Waals surface area contributed by atoms with E-state index in [9.17, 15) is 8.42 Å². The van der Waals surface area contributed by atoms with Gasteiger partial charge >= 0.3 is 0 Å². The summed E-state index contributed by atoms with van der Waals surface area (Å²) in [6, 6.07) is 0. The van der Waals surface area contributed by atoms with Crippen LogP contribution in [0, 0.1) is 0 Å². The summed E-state index contributed by atoms with van der Waals surface area (Å²) in [6.45, 7) is 0. The van der Waals surface area contributed by atoms with Crippen LogP contribution >= 0.6 is 0 Å². The van der Waals surface area contributed by atoms with Crippen LogP contribution < -0.4 is 0 Å². The molecule has 0 N–H and O–H groups in total. The molecule has 5 heteroatoms. The molecule has 4 fully saturated rings. The van der Waals surface area contributed by atoms with Crippen molar-refractivity contribution in [3.63, 3.8) is 0 Å². The van der Waals surface area contributed by atoms with E-state index in [0.29, 0.717) is 12.2 Å². The topological polar surface area (TPSA) is 59.2 Å². The molecule has 17 heavy (non-hydrogen) atoms. The molecule has 96 valence electrons. The van der Waals surface area contributed by atoms with Crippen molar-refractivity contribution in [2.75, 3.05) is 0 Å². The minimum absolute atomic E-state index is 0.147. The fraction of sp³-hybridized carbons (Fsp3) is 1.00. The van der Waals surface area contributed by atoms with Crippen molar-refractivity contribution in [2.24, 2.45) is 0 Å². The zero-order chi connectivity index (χ0) is 11.6. The van der Waals surface area contributed by atoms with E-state index in [1.165, 1.54) is 0 Å². The maximum Gasteiger partial charge on any atom is 0.156 e. The molecule has 2 aliphatic heterocycles. The third kappa shape index (κ3) is 1.74. The van der Waals surface area contributed by atoms with E-state index in [2.05, 4.69) is 0 Å². The van der Waals surface area contributed by atoms with Crippen molar-refractivity contribution in [1.29, 1.82) is 0 Å². The van der Waals surface area contributed by atoms with Crippen molar-refractivity contribution in [1.82, 2.24) is 0 Å². The van der Waals surface area contributed by atoms with Crippen molar-refractivity contribution >= 4 is 9.84 Å². The lowest BCUT2D eigenvalue weighted by molar-refractivity contribution is 0.372. The summed E-state index contributed by atoms with van der Waals surface area (Å²) in [6.07, 6.45) is 6.19. The Hall–Kier alpha value is -0.130. The highest BCUT2D eigenvalue weighted by molar-refractivity contribution is 7.92. The van der Waals surface area contributed by atoms with E-state index in [1.807, 2.05) is 0 Å². The summed E-state index contributed by atoms with van der Waals surface area (Å²) in [7, 11) is -2.96. The summed E-state index contributed by atoms with van der Waals surface area (Å²) in [5, 5.41) is -0.293. The molecule has 2 heterocycles. The average Bonchev–Trinajstić information content (AvgIpc) is 3.21. The summed E-state index contributed by atoms with van der Waals surface area (Å²) in [5.41, 5.74) is 0. The quantitative estimate of drug-likeness (QED) is 0.694. The van der Waals surface area contributed by atoms with Gasteiger partial charge in [0.05, 0.1) is 34.9 Å². The summed E-state index contributed by atoms with van der Waals surface area (Å²) < 4.78 is 36.0.